The molecule has 2 heterocycles. The van der Waals surface area contributed by atoms with Gasteiger partial charge in [0, 0.05) is 31.7 Å². The zero-order valence-corrected chi connectivity index (χ0v) is 13.6. The number of anilines is 2. The molecule has 2 fully saturated rings. The first-order valence-corrected chi connectivity index (χ1v) is 7.82. The quantitative estimate of drug-likeness (QED) is 0.910. The summed E-state index contributed by atoms with van der Waals surface area (Å²) in [7, 11) is 0. The SMILES string of the molecule is CC1CNCCN1c1nc2ccccc2nc1NC1CC1.Cl. The van der Waals surface area contributed by atoms with Crippen LogP contribution < -0.4 is 15.5 Å². The van der Waals surface area contributed by atoms with E-state index in [9.17, 15) is 0 Å². The molecule has 2 N–H and O–H groups in total. The Kier molecular flexibility index (Phi) is 4.36. The smallest absolute Gasteiger partial charge is 0.172 e. The summed E-state index contributed by atoms with van der Waals surface area (Å²) in [5.41, 5.74) is 1.94. The Hall–Kier alpha value is -1.59. The van der Waals surface area contributed by atoms with E-state index in [2.05, 4.69) is 22.5 Å². The second-order valence-electron chi connectivity index (χ2n) is 6.05. The van der Waals surface area contributed by atoms with E-state index in [0.29, 0.717) is 12.1 Å². The highest BCUT2D eigenvalue weighted by molar-refractivity contribution is 5.85. The molecular formula is C16H22ClN5. The Balaban J connectivity index is 0.00000144. The largest absolute Gasteiger partial charge is 0.364 e. The van der Waals surface area contributed by atoms with Gasteiger partial charge >= 0.3 is 0 Å². The Bertz CT molecular complexity index is 658. The van der Waals surface area contributed by atoms with Crippen molar-refractivity contribution in [1.82, 2.24) is 15.3 Å². The van der Waals surface area contributed by atoms with E-state index in [-0.39, 0.29) is 12.4 Å². The van der Waals surface area contributed by atoms with Crippen LogP contribution in [0.15, 0.2) is 24.3 Å². The molecule has 0 amide bonds. The van der Waals surface area contributed by atoms with Gasteiger partial charge in [0.05, 0.1) is 11.0 Å². The van der Waals surface area contributed by atoms with Gasteiger partial charge in [0.2, 0.25) is 0 Å². The first-order valence-electron chi connectivity index (χ1n) is 7.82. The van der Waals surface area contributed by atoms with Crippen LogP contribution >= 0.6 is 12.4 Å². The molecule has 22 heavy (non-hydrogen) atoms. The zero-order chi connectivity index (χ0) is 14.2. The number of piperazine rings is 1. The fourth-order valence-electron chi connectivity index (χ4n) is 2.86. The number of benzene rings is 1. The van der Waals surface area contributed by atoms with Gasteiger partial charge in [-0.1, -0.05) is 12.1 Å². The van der Waals surface area contributed by atoms with E-state index in [1.54, 1.807) is 0 Å². The summed E-state index contributed by atoms with van der Waals surface area (Å²) in [6.45, 7) is 5.22. The van der Waals surface area contributed by atoms with Crippen LogP contribution in [0.25, 0.3) is 11.0 Å². The van der Waals surface area contributed by atoms with Crippen molar-refractivity contribution in [3.8, 4) is 0 Å². The Morgan fingerprint density at radius 2 is 1.91 bits per heavy atom. The van der Waals surface area contributed by atoms with Crippen molar-refractivity contribution in [2.24, 2.45) is 0 Å². The first-order chi connectivity index (χ1) is 10.3. The number of aromatic nitrogens is 2. The summed E-state index contributed by atoms with van der Waals surface area (Å²) in [5, 5.41) is 6.99. The zero-order valence-electron chi connectivity index (χ0n) is 12.7. The number of nitrogens with one attached hydrogen (secondary N) is 2. The summed E-state index contributed by atoms with van der Waals surface area (Å²) in [5.74, 6) is 1.96. The Morgan fingerprint density at radius 3 is 2.59 bits per heavy atom. The lowest BCUT2D eigenvalue weighted by molar-refractivity contribution is 0.497. The average molecular weight is 320 g/mol. The molecule has 2 aromatic rings. The topological polar surface area (TPSA) is 53.1 Å². The molecule has 118 valence electrons. The van der Waals surface area contributed by atoms with Gasteiger partial charge in [0.1, 0.15) is 0 Å². The number of halogens is 1. The highest BCUT2D eigenvalue weighted by Crippen LogP contribution is 2.31. The predicted octanol–water partition coefficient (Wildman–Crippen LogP) is 2.42. The maximum absolute atomic E-state index is 4.90. The lowest BCUT2D eigenvalue weighted by Crippen LogP contribution is -2.50. The van der Waals surface area contributed by atoms with Crippen LogP contribution in [0.4, 0.5) is 11.6 Å². The van der Waals surface area contributed by atoms with Gasteiger partial charge in [0.15, 0.2) is 11.6 Å². The molecule has 1 unspecified atom stereocenters. The lowest BCUT2D eigenvalue weighted by atomic mass is 10.2. The monoisotopic (exact) mass is 319 g/mol. The van der Waals surface area contributed by atoms with Crippen molar-refractivity contribution < 1.29 is 0 Å². The molecule has 4 rings (SSSR count). The molecule has 1 saturated heterocycles. The molecular weight excluding hydrogens is 298 g/mol. The van der Waals surface area contributed by atoms with Crippen LogP contribution in [-0.4, -0.2) is 41.7 Å². The van der Waals surface area contributed by atoms with Crippen molar-refractivity contribution in [2.45, 2.75) is 31.8 Å². The third-order valence-electron chi connectivity index (χ3n) is 4.24. The van der Waals surface area contributed by atoms with Gasteiger partial charge in [-0.3, -0.25) is 0 Å². The standard InChI is InChI=1S/C16H21N5.ClH/c1-11-10-17-8-9-21(11)16-15(18-12-6-7-12)19-13-4-2-3-5-14(13)20-16;/h2-5,11-12,17H,6-10H2,1H3,(H,18,19);1H. The molecule has 1 saturated carbocycles. The van der Waals surface area contributed by atoms with Gasteiger partial charge in [-0.2, -0.15) is 0 Å². The van der Waals surface area contributed by atoms with Crippen LogP contribution in [0.2, 0.25) is 0 Å². The number of nitrogens with zero attached hydrogens (tertiary/aromatic N) is 3. The molecule has 6 heteroatoms. The second kappa shape index (κ2) is 6.26. The van der Waals surface area contributed by atoms with Crippen LogP contribution in [0.5, 0.6) is 0 Å². The summed E-state index contributed by atoms with van der Waals surface area (Å²) < 4.78 is 0. The van der Waals surface area contributed by atoms with Crippen molar-refractivity contribution in [2.75, 3.05) is 29.9 Å². The molecule has 2 aliphatic rings. The first kappa shape index (κ1) is 15.3. The number of rotatable bonds is 3. The van der Waals surface area contributed by atoms with E-state index >= 15 is 0 Å². The van der Waals surface area contributed by atoms with E-state index in [1.807, 2.05) is 24.3 Å². The molecule has 1 aliphatic carbocycles. The van der Waals surface area contributed by atoms with E-state index in [4.69, 9.17) is 9.97 Å². The van der Waals surface area contributed by atoms with Crippen molar-refractivity contribution in [3.05, 3.63) is 24.3 Å². The normalized spacial score (nSPS) is 21.5. The molecule has 1 aromatic heterocycles. The number of para-hydroxylation sites is 2. The molecule has 5 nitrogen and oxygen atoms in total. The number of hydrogen-bond donors (Lipinski definition) is 2. The van der Waals surface area contributed by atoms with Crippen LogP contribution in [0, 0.1) is 0 Å². The molecule has 0 spiro atoms. The predicted molar refractivity (Wildman–Crippen MR) is 93.1 cm³/mol. The van der Waals surface area contributed by atoms with Gasteiger partial charge in [-0.25, -0.2) is 9.97 Å². The third-order valence-corrected chi connectivity index (χ3v) is 4.24. The van der Waals surface area contributed by atoms with Gasteiger partial charge in [0.25, 0.3) is 0 Å². The minimum absolute atomic E-state index is 0. The van der Waals surface area contributed by atoms with Crippen molar-refractivity contribution in [1.29, 1.82) is 0 Å². The van der Waals surface area contributed by atoms with Crippen LogP contribution in [0.1, 0.15) is 19.8 Å². The highest BCUT2D eigenvalue weighted by Gasteiger charge is 2.27. The Morgan fingerprint density at radius 1 is 1.18 bits per heavy atom. The van der Waals surface area contributed by atoms with Gasteiger partial charge in [-0.15, -0.1) is 12.4 Å². The fraction of sp³-hybridized carbons (Fsp3) is 0.500. The number of hydrogen-bond acceptors (Lipinski definition) is 5. The Labute approximate surface area is 136 Å². The van der Waals surface area contributed by atoms with Crippen molar-refractivity contribution in [3.63, 3.8) is 0 Å². The summed E-state index contributed by atoms with van der Waals surface area (Å²) in [4.78, 5) is 12.1. The van der Waals surface area contributed by atoms with Gasteiger partial charge in [-0.05, 0) is 31.9 Å². The maximum atomic E-state index is 4.90. The van der Waals surface area contributed by atoms with E-state index in [0.717, 1.165) is 42.3 Å². The molecule has 1 aliphatic heterocycles. The molecule has 0 radical (unpaired) electrons. The number of fused-ring (bicyclic) bond motifs is 1. The fourth-order valence-corrected chi connectivity index (χ4v) is 2.86. The maximum Gasteiger partial charge on any atom is 0.172 e. The summed E-state index contributed by atoms with van der Waals surface area (Å²) in [6.07, 6.45) is 2.48. The van der Waals surface area contributed by atoms with E-state index in [1.165, 1.54) is 12.8 Å². The lowest BCUT2D eigenvalue weighted by Gasteiger charge is -2.35. The summed E-state index contributed by atoms with van der Waals surface area (Å²) >= 11 is 0. The van der Waals surface area contributed by atoms with Crippen LogP contribution in [-0.2, 0) is 0 Å². The average Bonchev–Trinajstić information content (AvgIpc) is 3.31. The minimum atomic E-state index is 0. The van der Waals surface area contributed by atoms with E-state index < -0.39 is 0 Å². The molecule has 1 atom stereocenters. The minimum Gasteiger partial charge on any atom is -0.364 e. The molecule has 0 bridgehead atoms. The highest BCUT2D eigenvalue weighted by atomic mass is 35.5. The third kappa shape index (κ3) is 2.96. The summed E-state index contributed by atoms with van der Waals surface area (Å²) in [6, 6.07) is 9.14. The molecule has 1 aromatic carbocycles. The second-order valence-corrected chi connectivity index (χ2v) is 6.05. The van der Waals surface area contributed by atoms with Crippen LogP contribution in [0.3, 0.4) is 0 Å². The van der Waals surface area contributed by atoms with Gasteiger partial charge < -0.3 is 15.5 Å². The van der Waals surface area contributed by atoms with Crippen molar-refractivity contribution >= 4 is 35.1 Å².